The number of ether oxygens (including phenoxy) is 3. The number of benzene rings is 2. The molecule has 5 nitrogen and oxygen atoms in total. The monoisotopic (exact) mass is 383 g/mol. The highest BCUT2D eigenvalue weighted by atomic mass is 19.4. The highest BCUT2D eigenvalue weighted by molar-refractivity contribution is 6.04. The van der Waals surface area contributed by atoms with E-state index in [4.69, 9.17) is 9.47 Å². The maximum Gasteiger partial charge on any atom is 0.573 e. The quantitative estimate of drug-likeness (QED) is 0.740. The zero-order valence-corrected chi connectivity index (χ0v) is 15.1. The van der Waals surface area contributed by atoms with Crippen LogP contribution < -0.4 is 19.5 Å². The van der Waals surface area contributed by atoms with Crippen molar-refractivity contribution < 1.29 is 32.2 Å². The van der Waals surface area contributed by atoms with Gasteiger partial charge in [-0.05, 0) is 48.4 Å². The Kier molecular flexibility index (Phi) is 6.55. The Balaban J connectivity index is 2.07. The van der Waals surface area contributed by atoms with Crippen LogP contribution in [0.4, 0.5) is 18.9 Å². The lowest BCUT2D eigenvalue weighted by molar-refractivity contribution is -0.274. The van der Waals surface area contributed by atoms with Gasteiger partial charge in [-0.1, -0.05) is 13.8 Å². The van der Waals surface area contributed by atoms with Crippen molar-refractivity contribution in [2.75, 3.05) is 19.0 Å². The van der Waals surface area contributed by atoms with E-state index < -0.39 is 12.3 Å². The van der Waals surface area contributed by atoms with Gasteiger partial charge in [0.1, 0.15) is 5.75 Å². The van der Waals surface area contributed by atoms with Gasteiger partial charge >= 0.3 is 6.36 Å². The van der Waals surface area contributed by atoms with Crippen LogP contribution in [0.2, 0.25) is 0 Å². The summed E-state index contributed by atoms with van der Waals surface area (Å²) in [6.07, 6.45) is -4.76. The molecule has 0 atom stereocenters. The fourth-order valence-electron chi connectivity index (χ4n) is 2.13. The molecule has 0 aliphatic carbocycles. The number of rotatable bonds is 7. The van der Waals surface area contributed by atoms with Crippen molar-refractivity contribution in [3.8, 4) is 17.2 Å². The molecule has 2 aromatic carbocycles. The van der Waals surface area contributed by atoms with E-state index in [2.05, 4.69) is 10.1 Å². The number of carbonyl (C=O) groups excluding carboxylic acids is 1. The minimum atomic E-state index is -4.76. The zero-order chi connectivity index (χ0) is 20.0. The Morgan fingerprint density at radius 1 is 1.07 bits per heavy atom. The summed E-state index contributed by atoms with van der Waals surface area (Å²) < 4.78 is 51.2. The normalized spacial score (nSPS) is 11.2. The van der Waals surface area contributed by atoms with Gasteiger partial charge in [0.2, 0.25) is 0 Å². The Labute approximate surface area is 155 Å². The number of hydrogen-bond donors (Lipinski definition) is 1. The Hall–Kier alpha value is -2.90. The molecule has 8 heteroatoms. The molecule has 0 radical (unpaired) electrons. The van der Waals surface area contributed by atoms with Crippen molar-refractivity contribution in [3.05, 3.63) is 48.0 Å². The minimum absolute atomic E-state index is 0.319. The number of halogens is 3. The zero-order valence-electron chi connectivity index (χ0n) is 15.1. The fourth-order valence-corrected chi connectivity index (χ4v) is 2.13. The van der Waals surface area contributed by atoms with Crippen LogP contribution in [0.25, 0.3) is 0 Å². The Morgan fingerprint density at radius 3 is 2.30 bits per heavy atom. The SMILES string of the molecule is COc1cc(C(=O)Nc2ccc(OC(F)(F)F)cc2)ccc1OCC(C)C. The van der Waals surface area contributed by atoms with Crippen molar-refractivity contribution in [3.63, 3.8) is 0 Å². The summed E-state index contributed by atoms with van der Waals surface area (Å²) in [5, 5.41) is 2.60. The maximum atomic E-state index is 12.4. The number of alkyl halides is 3. The van der Waals surface area contributed by atoms with Gasteiger partial charge < -0.3 is 19.5 Å². The molecular weight excluding hydrogens is 363 g/mol. The molecular formula is C19H20F3NO4. The van der Waals surface area contributed by atoms with Crippen molar-refractivity contribution in [2.45, 2.75) is 20.2 Å². The molecule has 2 rings (SSSR count). The largest absolute Gasteiger partial charge is 0.573 e. The van der Waals surface area contributed by atoms with E-state index in [0.29, 0.717) is 35.3 Å². The summed E-state index contributed by atoms with van der Waals surface area (Å²) >= 11 is 0. The minimum Gasteiger partial charge on any atom is -0.493 e. The van der Waals surface area contributed by atoms with Gasteiger partial charge in [-0.2, -0.15) is 0 Å². The van der Waals surface area contributed by atoms with Gasteiger partial charge in [0, 0.05) is 11.3 Å². The number of carbonyl (C=O) groups is 1. The van der Waals surface area contributed by atoms with E-state index in [1.165, 1.54) is 25.3 Å². The summed E-state index contributed by atoms with van der Waals surface area (Å²) in [5.74, 6) is 0.470. The molecule has 1 N–H and O–H groups in total. The third-order valence-electron chi connectivity index (χ3n) is 3.34. The molecule has 0 aromatic heterocycles. The summed E-state index contributed by atoms with van der Waals surface area (Å²) in [6.45, 7) is 4.53. The molecule has 27 heavy (non-hydrogen) atoms. The maximum absolute atomic E-state index is 12.4. The van der Waals surface area contributed by atoms with Crippen molar-refractivity contribution >= 4 is 11.6 Å². The summed E-state index contributed by atoms with van der Waals surface area (Å²) in [4.78, 5) is 12.4. The second-order valence-electron chi connectivity index (χ2n) is 6.10. The molecule has 0 bridgehead atoms. The first-order chi connectivity index (χ1) is 12.7. The molecule has 0 heterocycles. The Morgan fingerprint density at radius 2 is 1.74 bits per heavy atom. The highest BCUT2D eigenvalue weighted by Gasteiger charge is 2.30. The van der Waals surface area contributed by atoms with Crippen LogP contribution in [0.3, 0.4) is 0 Å². The average molecular weight is 383 g/mol. The lowest BCUT2D eigenvalue weighted by atomic mass is 10.1. The molecule has 0 saturated carbocycles. The second-order valence-corrected chi connectivity index (χ2v) is 6.10. The summed E-state index contributed by atoms with van der Waals surface area (Å²) in [7, 11) is 1.47. The number of hydrogen-bond acceptors (Lipinski definition) is 4. The number of anilines is 1. The van der Waals surface area contributed by atoms with Crippen LogP contribution in [0.5, 0.6) is 17.2 Å². The van der Waals surface area contributed by atoms with Crippen molar-refractivity contribution in [1.82, 2.24) is 0 Å². The van der Waals surface area contributed by atoms with E-state index in [-0.39, 0.29) is 5.75 Å². The third kappa shape index (κ3) is 6.40. The van der Waals surface area contributed by atoms with Crippen LogP contribution in [-0.4, -0.2) is 26.0 Å². The van der Waals surface area contributed by atoms with Gasteiger partial charge in [-0.15, -0.1) is 13.2 Å². The van der Waals surface area contributed by atoms with E-state index >= 15 is 0 Å². The predicted octanol–water partition coefficient (Wildman–Crippen LogP) is 4.88. The van der Waals surface area contributed by atoms with Crippen LogP contribution >= 0.6 is 0 Å². The molecule has 0 unspecified atom stereocenters. The van der Waals surface area contributed by atoms with Crippen LogP contribution in [-0.2, 0) is 0 Å². The first-order valence-electron chi connectivity index (χ1n) is 8.16. The third-order valence-corrected chi connectivity index (χ3v) is 3.34. The summed E-state index contributed by atoms with van der Waals surface area (Å²) in [5.41, 5.74) is 0.646. The average Bonchev–Trinajstić information content (AvgIpc) is 2.60. The van der Waals surface area contributed by atoms with Crippen LogP contribution in [0.1, 0.15) is 24.2 Å². The number of nitrogens with one attached hydrogen (secondary N) is 1. The molecule has 0 aliphatic rings. The smallest absolute Gasteiger partial charge is 0.493 e. The molecule has 0 fully saturated rings. The lowest BCUT2D eigenvalue weighted by Crippen LogP contribution is -2.17. The van der Waals surface area contributed by atoms with E-state index in [0.717, 1.165) is 12.1 Å². The van der Waals surface area contributed by atoms with Gasteiger partial charge in [0.15, 0.2) is 11.5 Å². The molecule has 146 valence electrons. The first-order valence-corrected chi connectivity index (χ1v) is 8.16. The van der Waals surface area contributed by atoms with E-state index in [1.54, 1.807) is 12.1 Å². The van der Waals surface area contributed by atoms with Crippen LogP contribution in [0, 0.1) is 5.92 Å². The van der Waals surface area contributed by atoms with Crippen LogP contribution in [0.15, 0.2) is 42.5 Å². The molecule has 2 aromatic rings. The fraction of sp³-hybridized carbons (Fsp3) is 0.316. The summed E-state index contributed by atoms with van der Waals surface area (Å²) in [6, 6.07) is 9.61. The van der Waals surface area contributed by atoms with Crippen molar-refractivity contribution in [2.24, 2.45) is 5.92 Å². The van der Waals surface area contributed by atoms with Crippen molar-refractivity contribution in [1.29, 1.82) is 0 Å². The molecule has 0 saturated heterocycles. The number of methoxy groups -OCH3 is 1. The second kappa shape index (κ2) is 8.66. The Bertz CT molecular complexity index is 774. The molecule has 0 aliphatic heterocycles. The molecule has 0 spiro atoms. The first kappa shape index (κ1) is 20.4. The van der Waals surface area contributed by atoms with Gasteiger partial charge in [0.25, 0.3) is 5.91 Å². The number of amides is 1. The van der Waals surface area contributed by atoms with Gasteiger partial charge in [-0.3, -0.25) is 4.79 Å². The lowest BCUT2D eigenvalue weighted by Gasteiger charge is -2.14. The van der Waals surface area contributed by atoms with E-state index in [9.17, 15) is 18.0 Å². The standard InChI is InChI=1S/C19H20F3NO4/c1-12(2)11-26-16-9-4-13(10-17(16)25-3)18(24)23-14-5-7-15(8-6-14)27-19(20,21)22/h4-10,12H,11H2,1-3H3,(H,23,24). The highest BCUT2D eigenvalue weighted by Crippen LogP contribution is 2.29. The van der Waals surface area contributed by atoms with E-state index in [1.807, 2.05) is 13.8 Å². The van der Waals surface area contributed by atoms with Gasteiger partial charge in [0.05, 0.1) is 13.7 Å². The topological polar surface area (TPSA) is 56.8 Å². The molecule has 1 amide bonds. The van der Waals surface area contributed by atoms with Gasteiger partial charge in [-0.25, -0.2) is 0 Å². The predicted molar refractivity (Wildman–Crippen MR) is 94.4 cm³/mol.